The zero-order valence-electron chi connectivity index (χ0n) is 44.6. The van der Waals surface area contributed by atoms with Gasteiger partial charge in [0.2, 0.25) is 12.1 Å². The fourth-order valence-corrected chi connectivity index (χ4v) is 10.7. The van der Waals surface area contributed by atoms with Crippen LogP contribution in [0.15, 0.2) is 47.6 Å². The van der Waals surface area contributed by atoms with Gasteiger partial charge in [-0.05, 0) is 107 Å². The van der Waals surface area contributed by atoms with E-state index in [1.165, 1.54) is 18.9 Å². The number of carbonyl (C=O) groups is 6. The number of methoxy groups -OCH3 is 3. The molecule has 2 bridgehead atoms. The molecule has 1 aliphatic carbocycles. The van der Waals surface area contributed by atoms with E-state index in [0.717, 1.165) is 5.57 Å². The van der Waals surface area contributed by atoms with Crippen LogP contribution < -0.4 is 0 Å². The Morgan fingerprint density at radius 3 is 2.26 bits per heavy atom. The number of nitrogens with zero attached hydrogens (tertiary/aromatic N) is 1. The number of rotatable bonds is 10. The van der Waals surface area contributed by atoms with Crippen molar-refractivity contribution in [2.75, 3.05) is 34.5 Å². The lowest BCUT2D eigenvalue weighted by Gasteiger charge is -2.42. The third kappa shape index (κ3) is 16.8. The van der Waals surface area contributed by atoms with E-state index in [0.29, 0.717) is 69.8 Å². The third-order valence-corrected chi connectivity index (χ3v) is 15.2. The number of piperidine rings is 1. The number of aliphatic hydroxyl groups excluding tert-OH is 2. The Balaban J connectivity index is 1.68. The van der Waals surface area contributed by atoms with Gasteiger partial charge in [-0.2, -0.15) is 0 Å². The number of hydrogen-bond acceptors (Lipinski definition) is 16. The lowest BCUT2D eigenvalue weighted by atomic mass is 9.78. The molecular formula is C55H85NO16. The van der Waals surface area contributed by atoms with Crippen LogP contribution >= 0.6 is 0 Å². The Morgan fingerprint density at radius 2 is 1.60 bits per heavy atom. The number of amides is 1. The van der Waals surface area contributed by atoms with Gasteiger partial charge in [0.05, 0.1) is 24.4 Å². The first-order valence-electron chi connectivity index (χ1n) is 26.0. The van der Waals surface area contributed by atoms with Crippen molar-refractivity contribution >= 4 is 35.2 Å². The Morgan fingerprint density at radius 1 is 0.875 bits per heavy atom. The van der Waals surface area contributed by atoms with E-state index in [1.54, 1.807) is 48.0 Å². The number of ether oxygens (including phenoxy) is 7. The number of hydrogen-bond donors (Lipinski definition) is 3. The second-order valence-corrected chi connectivity index (χ2v) is 21.0. The first kappa shape index (κ1) is 60.6. The van der Waals surface area contributed by atoms with Crippen molar-refractivity contribution in [2.24, 2.45) is 35.5 Å². The molecule has 0 aromatic carbocycles. The van der Waals surface area contributed by atoms with E-state index < -0.39 is 95.9 Å². The largest absolute Gasteiger partial charge is 0.460 e. The number of esters is 2. The van der Waals surface area contributed by atoms with Crippen molar-refractivity contribution < 1.29 is 77.2 Å². The van der Waals surface area contributed by atoms with Gasteiger partial charge in [-0.15, -0.1) is 0 Å². The molecule has 1 unspecified atom stereocenters. The predicted molar refractivity (Wildman–Crippen MR) is 267 cm³/mol. The SMILES string of the molecule is CO[C@H]1C[C@@H]2CC[C@@H](C)[C@@](O)(O2)C(=O)C(=O)N2CCCC[C@H]2C(=O)O[C@H]([C@H](C)C[C@H]2CC[C@@H](OCC(O)OC(C)=O)[C@H](OC)C2)CC(=O)[C@H](C)/C=C(\C)[C@@H](O)[C@@H](OC)C(=O)[C@H](C)C[C@H](C)/C=C/C=C/C=C/1C. The van der Waals surface area contributed by atoms with Crippen LogP contribution in [0, 0.1) is 35.5 Å². The Hall–Kier alpha value is -3.94. The molecule has 1 amide bonds. The number of aliphatic hydroxyl groups is 3. The quantitative estimate of drug-likeness (QED) is 0.0974. The van der Waals surface area contributed by atoms with Crippen molar-refractivity contribution in [2.45, 2.75) is 193 Å². The van der Waals surface area contributed by atoms with E-state index in [2.05, 4.69) is 0 Å². The Kier molecular flexibility index (Phi) is 24.1. The zero-order chi connectivity index (χ0) is 53.4. The molecular weight excluding hydrogens is 931 g/mol. The van der Waals surface area contributed by atoms with Gasteiger partial charge in [0.25, 0.3) is 11.7 Å². The Labute approximate surface area is 427 Å². The van der Waals surface area contributed by atoms with Crippen LogP contribution in [0.2, 0.25) is 0 Å². The van der Waals surface area contributed by atoms with Gasteiger partial charge < -0.3 is 53.4 Å². The van der Waals surface area contributed by atoms with Crippen molar-refractivity contribution in [3.05, 3.63) is 47.6 Å². The van der Waals surface area contributed by atoms with Crippen LogP contribution in [0.1, 0.15) is 132 Å². The van der Waals surface area contributed by atoms with Crippen molar-refractivity contribution in [1.29, 1.82) is 0 Å². The van der Waals surface area contributed by atoms with Crippen molar-refractivity contribution in [1.82, 2.24) is 4.90 Å². The van der Waals surface area contributed by atoms with Gasteiger partial charge in [0, 0.05) is 65.4 Å². The van der Waals surface area contributed by atoms with E-state index >= 15 is 0 Å². The van der Waals surface area contributed by atoms with Crippen LogP contribution in [0.5, 0.6) is 0 Å². The molecule has 0 spiro atoms. The van der Waals surface area contributed by atoms with Gasteiger partial charge in [0.15, 0.2) is 5.78 Å². The number of fused-ring (bicyclic) bond motifs is 3. The van der Waals surface area contributed by atoms with Crippen LogP contribution in [0.3, 0.4) is 0 Å². The fourth-order valence-electron chi connectivity index (χ4n) is 10.7. The summed E-state index contributed by atoms with van der Waals surface area (Å²) in [7, 11) is 4.50. The molecule has 0 radical (unpaired) electrons. The van der Waals surface area contributed by atoms with Gasteiger partial charge in [-0.1, -0.05) is 71.1 Å². The standard InChI is InChI=1S/C55H85NO16/c1-32-17-13-12-14-18-33(2)45(66-9)29-41-22-20-38(7)55(65,72-41)52(62)53(63)56-24-16-15-19-42(56)54(64)71-46(30-43(58)34(3)26-37(6)50(61)51(68-11)49(60)36(5)25-32)35(4)27-40-21-23-44(47(28-40)67-10)69-31-48(59)70-39(8)57/h12-14,17-18,26,32,34-36,38,40-42,44-48,50-51,59,61,65H,15-16,19-25,27-31H2,1-11H3/b14-12+,17-13+,33-18+,37-26+/t32-,34-,35-,36-,38-,40-,41+,42+,44-,45+,46+,47-,48?,50-,51+,55-/m1/s1. The average Bonchev–Trinajstić information content (AvgIpc) is 3.34. The van der Waals surface area contributed by atoms with Gasteiger partial charge in [0.1, 0.15) is 36.7 Å². The number of allylic oxidation sites excluding steroid dienone is 6. The van der Waals surface area contributed by atoms with E-state index in [1.807, 2.05) is 51.2 Å². The molecule has 16 atom stereocenters. The first-order valence-corrected chi connectivity index (χ1v) is 26.0. The Bertz CT molecular complexity index is 1960. The molecule has 0 aromatic rings. The summed E-state index contributed by atoms with van der Waals surface area (Å²) in [6, 6.07) is -1.18. The monoisotopic (exact) mass is 1020 g/mol. The molecule has 17 nitrogen and oxygen atoms in total. The van der Waals surface area contributed by atoms with Crippen molar-refractivity contribution in [3.63, 3.8) is 0 Å². The summed E-state index contributed by atoms with van der Waals surface area (Å²) in [5.41, 5.74) is 1.23. The second kappa shape index (κ2) is 28.7. The van der Waals surface area contributed by atoms with Crippen LogP contribution in [-0.4, -0.2) is 151 Å². The maximum absolute atomic E-state index is 14.5. The van der Waals surface area contributed by atoms with Crippen LogP contribution in [-0.2, 0) is 61.9 Å². The van der Waals surface area contributed by atoms with Crippen LogP contribution in [0.25, 0.3) is 0 Å². The molecule has 3 aliphatic heterocycles. The summed E-state index contributed by atoms with van der Waals surface area (Å²) in [4.78, 5) is 83.7. The van der Waals surface area contributed by atoms with Gasteiger partial charge in [-0.25, -0.2) is 4.79 Å². The molecule has 406 valence electrons. The summed E-state index contributed by atoms with van der Waals surface area (Å²) < 4.78 is 40.4. The maximum Gasteiger partial charge on any atom is 0.329 e. The molecule has 3 fully saturated rings. The number of Topliss-reactive ketones (excluding diaryl/α,β-unsaturated/α-hetero) is 3. The van der Waals surface area contributed by atoms with Crippen LogP contribution in [0.4, 0.5) is 0 Å². The highest BCUT2D eigenvalue weighted by Crippen LogP contribution is 2.38. The first-order chi connectivity index (χ1) is 34.0. The van der Waals surface area contributed by atoms with E-state index in [4.69, 9.17) is 33.2 Å². The summed E-state index contributed by atoms with van der Waals surface area (Å²) in [5.74, 6) is -9.01. The molecule has 4 aliphatic rings. The van der Waals surface area contributed by atoms with E-state index in [9.17, 15) is 44.1 Å². The minimum absolute atomic E-state index is 0.0000752. The summed E-state index contributed by atoms with van der Waals surface area (Å²) in [5, 5.41) is 33.6. The fraction of sp³-hybridized carbons (Fsp3) is 0.745. The van der Waals surface area contributed by atoms with Gasteiger partial charge >= 0.3 is 11.9 Å². The molecule has 2 saturated heterocycles. The third-order valence-electron chi connectivity index (χ3n) is 15.2. The maximum atomic E-state index is 14.5. The normalized spacial score (nSPS) is 38.0. The number of cyclic esters (lactones) is 1. The molecule has 3 heterocycles. The minimum Gasteiger partial charge on any atom is -0.460 e. The molecule has 4 rings (SSSR count). The second-order valence-electron chi connectivity index (χ2n) is 21.0. The average molecular weight is 1020 g/mol. The summed E-state index contributed by atoms with van der Waals surface area (Å²) in [6.45, 7) is 13.6. The summed E-state index contributed by atoms with van der Waals surface area (Å²) in [6.07, 6.45) is 9.35. The highest BCUT2D eigenvalue weighted by molar-refractivity contribution is 6.39. The molecule has 0 aromatic heterocycles. The minimum atomic E-state index is -2.46. The highest BCUT2D eigenvalue weighted by atomic mass is 16.7. The number of ketones is 3. The smallest absolute Gasteiger partial charge is 0.329 e. The van der Waals surface area contributed by atoms with Crippen molar-refractivity contribution in [3.8, 4) is 0 Å². The lowest BCUT2D eigenvalue weighted by Crippen LogP contribution is -2.61. The number of carbonyl (C=O) groups excluding carboxylic acids is 6. The molecule has 1 saturated carbocycles. The lowest BCUT2D eigenvalue weighted by molar-refractivity contribution is -0.265. The topological polar surface area (TPSA) is 231 Å². The highest BCUT2D eigenvalue weighted by Gasteiger charge is 2.53. The van der Waals surface area contributed by atoms with Gasteiger partial charge in [-0.3, -0.25) is 24.0 Å². The van der Waals surface area contributed by atoms with E-state index in [-0.39, 0.29) is 61.6 Å². The zero-order valence-corrected chi connectivity index (χ0v) is 44.6. The predicted octanol–water partition coefficient (Wildman–Crippen LogP) is 6.09. The summed E-state index contributed by atoms with van der Waals surface area (Å²) >= 11 is 0. The molecule has 17 heteroatoms. The molecule has 72 heavy (non-hydrogen) atoms. The molecule has 3 N–H and O–H groups in total.